The van der Waals surface area contributed by atoms with Gasteiger partial charge in [-0.15, -0.1) is 0 Å². The predicted octanol–water partition coefficient (Wildman–Crippen LogP) is 2.58. The molecule has 0 unspecified atom stereocenters. The molecular formula is C21H19N3O6S. The first kappa shape index (κ1) is 22.0. The van der Waals surface area contributed by atoms with Crippen LogP contribution in [0.3, 0.4) is 0 Å². The number of carbonyl (C=O) groups is 2. The van der Waals surface area contributed by atoms with Crippen LogP contribution in [0, 0.1) is 0 Å². The summed E-state index contributed by atoms with van der Waals surface area (Å²) in [6.07, 6.45) is 0. The highest BCUT2D eigenvalue weighted by molar-refractivity contribution is 7.99. The van der Waals surface area contributed by atoms with Crippen LogP contribution in [0.15, 0.2) is 58.5 Å². The van der Waals surface area contributed by atoms with Crippen LogP contribution >= 0.6 is 11.8 Å². The first-order valence-electron chi connectivity index (χ1n) is 9.11. The van der Waals surface area contributed by atoms with Gasteiger partial charge in [0.05, 0.1) is 26.5 Å². The number of hydrogen-bond acceptors (Lipinski definition) is 9. The predicted molar refractivity (Wildman–Crippen MR) is 113 cm³/mol. The fourth-order valence-electron chi connectivity index (χ4n) is 2.57. The van der Waals surface area contributed by atoms with Gasteiger partial charge in [0.2, 0.25) is 0 Å². The third kappa shape index (κ3) is 5.92. The maximum Gasteiger partial charge on any atom is 0.356 e. The lowest BCUT2D eigenvalue weighted by Crippen LogP contribution is -2.12. The van der Waals surface area contributed by atoms with E-state index in [1.165, 1.54) is 44.2 Å². The molecule has 160 valence electrons. The minimum Gasteiger partial charge on any atom is -0.493 e. The van der Waals surface area contributed by atoms with Crippen molar-refractivity contribution in [2.75, 3.05) is 26.6 Å². The number of nitrogens with one attached hydrogen (secondary N) is 1. The molecular weight excluding hydrogens is 422 g/mol. The number of nitrogens with zero attached hydrogens (tertiary/aromatic N) is 2. The highest BCUT2D eigenvalue weighted by Gasteiger charge is 2.16. The Balaban J connectivity index is 1.67. The monoisotopic (exact) mass is 441 g/mol. The molecule has 2 heterocycles. The van der Waals surface area contributed by atoms with Crippen LogP contribution in [-0.2, 0) is 9.47 Å². The van der Waals surface area contributed by atoms with E-state index in [0.717, 1.165) is 5.56 Å². The zero-order valence-electron chi connectivity index (χ0n) is 16.8. The molecule has 0 spiro atoms. The van der Waals surface area contributed by atoms with E-state index < -0.39 is 11.9 Å². The largest absolute Gasteiger partial charge is 0.493 e. The van der Waals surface area contributed by atoms with Crippen molar-refractivity contribution in [3.63, 3.8) is 0 Å². The molecule has 0 radical (unpaired) electrons. The van der Waals surface area contributed by atoms with Crippen molar-refractivity contribution in [2.24, 2.45) is 0 Å². The lowest BCUT2D eigenvalue weighted by atomic mass is 10.1. The standard InChI is InChI=1S/C21H19N3O6S/c1-28-19(26)16-10-14(11-17(22-16)20(27)29-2)30-8-9-31-21-23-15(12-18(25)24-21)13-6-4-3-5-7-13/h3-7,10-12H,8-9H2,1-2H3,(H,23,24,25). The molecule has 0 fully saturated rings. The third-order valence-electron chi connectivity index (χ3n) is 3.97. The quantitative estimate of drug-likeness (QED) is 0.243. The minimum atomic E-state index is -0.704. The number of esters is 2. The van der Waals surface area contributed by atoms with Gasteiger partial charge in [0.15, 0.2) is 16.5 Å². The first-order chi connectivity index (χ1) is 15.0. The average Bonchev–Trinajstić information content (AvgIpc) is 2.80. The second kappa shape index (κ2) is 10.4. The Hall–Kier alpha value is -3.66. The van der Waals surface area contributed by atoms with E-state index in [4.69, 9.17) is 4.74 Å². The summed E-state index contributed by atoms with van der Waals surface area (Å²) in [6.45, 7) is 0.217. The van der Waals surface area contributed by atoms with Gasteiger partial charge in [-0.2, -0.15) is 0 Å². The number of aromatic nitrogens is 3. The summed E-state index contributed by atoms with van der Waals surface area (Å²) in [5, 5.41) is 0.454. The fourth-order valence-corrected chi connectivity index (χ4v) is 3.26. The van der Waals surface area contributed by atoms with E-state index in [9.17, 15) is 14.4 Å². The molecule has 3 aromatic rings. The van der Waals surface area contributed by atoms with Crippen LogP contribution in [0.2, 0.25) is 0 Å². The van der Waals surface area contributed by atoms with E-state index in [1.54, 1.807) is 0 Å². The Morgan fingerprint density at radius 3 is 2.23 bits per heavy atom. The van der Waals surface area contributed by atoms with E-state index >= 15 is 0 Å². The normalized spacial score (nSPS) is 10.4. The molecule has 9 nitrogen and oxygen atoms in total. The van der Waals surface area contributed by atoms with Crippen LogP contribution in [-0.4, -0.2) is 53.5 Å². The Morgan fingerprint density at radius 1 is 0.968 bits per heavy atom. The number of pyridine rings is 1. The van der Waals surface area contributed by atoms with Gasteiger partial charge < -0.3 is 19.2 Å². The van der Waals surface area contributed by atoms with Crippen molar-refractivity contribution in [1.29, 1.82) is 0 Å². The second-order valence-electron chi connectivity index (χ2n) is 6.06. The molecule has 10 heteroatoms. The number of ether oxygens (including phenoxy) is 3. The summed E-state index contributed by atoms with van der Waals surface area (Å²) < 4.78 is 14.9. The number of carbonyl (C=O) groups excluding carboxylic acids is 2. The van der Waals surface area contributed by atoms with Crippen LogP contribution in [0.25, 0.3) is 11.3 Å². The summed E-state index contributed by atoms with van der Waals surface area (Å²) in [5.74, 6) is -0.699. The van der Waals surface area contributed by atoms with E-state index in [-0.39, 0.29) is 29.3 Å². The van der Waals surface area contributed by atoms with Gasteiger partial charge in [-0.05, 0) is 0 Å². The Labute approximate surface area is 181 Å². The average molecular weight is 441 g/mol. The molecule has 1 aromatic carbocycles. The zero-order chi connectivity index (χ0) is 22.2. The molecule has 0 saturated carbocycles. The van der Waals surface area contributed by atoms with Gasteiger partial charge in [0.1, 0.15) is 5.75 Å². The molecule has 3 rings (SSSR count). The SMILES string of the molecule is COC(=O)c1cc(OCCSc2nc(-c3ccccc3)cc(=O)[nH]2)cc(C(=O)OC)n1. The molecule has 0 aliphatic heterocycles. The topological polar surface area (TPSA) is 120 Å². The molecule has 0 atom stereocenters. The minimum absolute atomic E-state index is 0.0744. The van der Waals surface area contributed by atoms with E-state index in [0.29, 0.717) is 16.6 Å². The molecule has 2 aromatic heterocycles. The summed E-state index contributed by atoms with van der Waals surface area (Å²) >= 11 is 1.30. The highest BCUT2D eigenvalue weighted by atomic mass is 32.2. The van der Waals surface area contributed by atoms with Gasteiger partial charge in [0, 0.05) is 29.5 Å². The van der Waals surface area contributed by atoms with Gasteiger partial charge in [-0.1, -0.05) is 42.1 Å². The second-order valence-corrected chi connectivity index (χ2v) is 7.14. The van der Waals surface area contributed by atoms with Crippen LogP contribution in [0.5, 0.6) is 5.75 Å². The number of methoxy groups -OCH3 is 2. The number of thioether (sulfide) groups is 1. The third-order valence-corrected chi connectivity index (χ3v) is 4.81. The molecule has 0 aliphatic carbocycles. The number of aromatic amines is 1. The van der Waals surface area contributed by atoms with Crippen LogP contribution in [0.4, 0.5) is 0 Å². The van der Waals surface area contributed by atoms with Gasteiger partial charge in [-0.3, -0.25) is 4.79 Å². The smallest absolute Gasteiger partial charge is 0.356 e. The number of hydrogen-bond donors (Lipinski definition) is 1. The lowest BCUT2D eigenvalue weighted by Gasteiger charge is -2.09. The summed E-state index contributed by atoms with van der Waals surface area (Å²) in [7, 11) is 2.42. The molecule has 0 bridgehead atoms. The fraction of sp³-hybridized carbons (Fsp3) is 0.190. The summed E-state index contributed by atoms with van der Waals surface area (Å²) in [5.41, 5.74) is 1.02. The van der Waals surface area contributed by atoms with Gasteiger partial charge >= 0.3 is 11.9 Å². The van der Waals surface area contributed by atoms with Gasteiger partial charge in [-0.25, -0.2) is 19.6 Å². The first-order valence-corrected chi connectivity index (χ1v) is 10.1. The van der Waals surface area contributed by atoms with Crippen molar-refractivity contribution in [2.45, 2.75) is 5.16 Å². The zero-order valence-corrected chi connectivity index (χ0v) is 17.6. The van der Waals surface area contributed by atoms with Gasteiger partial charge in [0.25, 0.3) is 5.56 Å². The van der Waals surface area contributed by atoms with E-state index in [2.05, 4.69) is 24.4 Å². The van der Waals surface area contributed by atoms with Crippen molar-refractivity contribution < 1.29 is 23.8 Å². The molecule has 0 aliphatic rings. The molecule has 0 saturated heterocycles. The number of H-pyrrole nitrogens is 1. The highest BCUT2D eigenvalue weighted by Crippen LogP contribution is 2.20. The molecule has 1 N–H and O–H groups in total. The van der Waals surface area contributed by atoms with E-state index in [1.807, 2.05) is 30.3 Å². The molecule has 31 heavy (non-hydrogen) atoms. The van der Waals surface area contributed by atoms with Crippen LogP contribution < -0.4 is 10.3 Å². The Bertz CT molecular complexity index is 1100. The number of benzene rings is 1. The van der Waals surface area contributed by atoms with Crippen molar-refractivity contribution >= 4 is 23.7 Å². The van der Waals surface area contributed by atoms with Crippen molar-refractivity contribution in [3.05, 3.63) is 70.3 Å². The summed E-state index contributed by atoms with van der Waals surface area (Å²) in [6, 6.07) is 13.6. The number of rotatable bonds is 8. The Morgan fingerprint density at radius 2 is 1.61 bits per heavy atom. The maximum absolute atomic E-state index is 12.0. The maximum atomic E-state index is 12.0. The van der Waals surface area contributed by atoms with Crippen LogP contribution in [0.1, 0.15) is 21.0 Å². The van der Waals surface area contributed by atoms with Crippen molar-refractivity contribution in [1.82, 2.24) is 15.0 Å². The summed E-state index contributed by atoms with van der Waals surface area (Å²) in [4.78, 5) is 46.6. The lowest BCUT2D eigenvalue weighted by molar-refractivity contribution is 0.0584. The van der Waals surface area contributed by atoms with Crippen molar-refractivity contribution in [3.8, 4) is 17.0 Å². The molecule has 0 amide bonds. The Kier molecular flexibility index (Phi) is 7.39.